The van der Waals surface area contributed by atoms with E-state index < -0.39 is 0 Å². The standard InChI is InChI=1S/C69H44N4S/c1-6-20-45(21-7-1)48-34-36-51(37-35-48)67-70-68(54-39-52(46-22-8-2-9-23-46)38-53(40-54)47-24-10-3-11-25-47)72-69(71-67)55-41-58(49-26-12-4-13-27-49)66(59(42-55)50-28-14-5-15-29-50)73-62-32-18-16-30-56(62)60-44-65-61(43-63(60)73)57-31-17-19-33-64(57)74-65/h1-44H. The van der Waals surface area contributed by atoms with Crippen LogP contribution in [0.2, 0.25) is 0 Å². The monoisotopic (exact) mass is 960 g/mol. The Bertz CT molecular complexity index is 4260. The molecule has 0 bridgehead atoms. The largest absolute Gasteiger partial charge is 0.308 e. The summed E-state index contributed by atoms with van der Waals surface area (Å²) in [5, 5.41) is 4.96. The van der Waals surface area contributed by atoms with E-state index in [4.69, 9.17) is 15.0 Å². The van der Waals surface area contributed by atoms with E-state index >= 15 is 0 Å². The third-order valence-corrected chi connectivity index (χ3v) is 15.4. The summed E-state index contributed by atoms with van der Waals surface area (Å²) >= 11 is 1.86. The van der Waals surface area contributed by atoms with Crippen LogP contribution in [0.3, 0.4) is 0 Å². The third kappa shape index (κ3) is 7.75. The molecule has 11 aromatic carbocycles. The molecule has 0 radical (unpaired) electrons. The van der Waals surface area contributed by atoms with E-state index in [0.717, 1.165) is 89.0 Å². The van der Waals surface area contributed by atoms with Crippen LogP contribution in [0, 0.1) is 0 Å². The van der Waals surface area contributed by atoms with Crippen molar-refractivity contribution < 1.29 is 0 Å². The topological polar surface area (TPSA) is 43.6 Å². The van der Waals surface area contributed by atoms with Crippen molar-refractivity contribution in [3.63, 3.8) is 0 Å². The van der Waals surface area contributed by atoms with Gasteiger partial charge in [0.1, 0.15) is 0 Å². The molecule has 0 saturated carbocycles. The predicted molar refractivity (Wildman–Crippen MR) is 311 cm³/mol. The Kier molecular flexibility index (Phi) is 10.7. The van der Waals surface area contributed by atoms with E-state index in [9.17, 15) is 0 Å². The highest BCUT2D eigenvalue weighted by Gasteiger charge is 2.24. The third-order valence-electron chi connectivity index (χ3n) is 14.2. The van der Waals surface area contributed by atoms with Gasteiger partial charge in [-0.1, -0.05) is 212 Å². The fraction of sp³-hybridized carbons (Fsp3) is 0. The molecule has 0 fully saturated rings. The first-order valence-corrected chi connectivity index (χ1v) is 25.8. The molecule has 0 N–H and O–H groups in total. The molecular formula is C69H44N4S. The SMILES string of the molecule is c1ccc(-c2ccc(-c3nc(-c4cc(-c5ccccc5)cc(-c5ccccc5)c4)nc(-c4cc(-c5ccccc5)c(-n5c6ccccc6c6cc7sc8ccccc8c7cc65)c(-c5ccccc5)c4)n3)cc2)cc1. The van der Waals surface area contributed by atoms with Crippen LogP contribution >= 0.6 is 11.3 Å². The quantitative estimate of drug-likeness (QED) is 0.145. The average Bonchev–Trinajstić information content (AvgIpc) is 4.03. The zero-order valence-corrected chi connectivity index (χ0v) is 40.9. The summed E-state index contributed by atoms with van der Waals surface area (Å²) in [6.07, 6.45) is 0. The Hall–Kier alpha value is -9.55. The maximum atomic E-state index is 5.53. The molecule has 3 aromatic heterocycles. The maximum Gasteiger partial charge on any atom is 0.164 e. The maximum absolute atomic E-state index is 5.53. The van der Waals surface area contributed by atoms with Gasteiger partial charge in [0.2, 0.25) is 0 Å². The lowest BCUT2D eigenvalue weighted by Crippen LogP contribution is -2.04. The molecule has 0 saturated heterocycles. The van der Waals surface area contributed by atoms with Gasteiger partial charge in [0.05, 0.1) is 16.7 Å². The number of rotatable bonds is 9. The molecule has 14 rings (SSSR count). The van der Waals surface area contributed by atoms with Crippen LogP contribution in [0.5, 0.6) is 0 Å². The van der Waals surface area contributed by atoms with Crippen molar-refractivity contribution in [1.82, 2.24) is 19.5 Å². The smallest absolute Gasteiger partial charge is 0.164 e. The molecule has 0 aliphatic rings. The van der Waals surface area contributed by atoms with Gasteiger partial charge < -0.3 is 4.57 Å². The van der Waals surface area contributed by atoms with Crippen LogP contribution in [0.25, 0.3) is 137 Å². The number of thiophene rings is 1. The molecule has 4 nitrogen and oxygen atoms in total. The minimum atomic E-state index is 0.582. The van der Waals surface area contributed by atoms with Crippen molar-refractivity contribution in [2.45, 2.75) is 0 Å². The van der Waals surface area contributed by atoms with Gasteiger partial charge in [-0.2, -0.15) is 0 Å². The van der Waals surface area contributed by atoms with Gasteiger partial charge in [-0.05, 0) is 99.1 Å². The van der Waals surface area contributed by atoms with Crippen molar-refractivity contribution in [2.24, 2.45) is 0 Å². The molecule has 14 aromatic rings. The van der Waals surface area contributed by atoms with Crippen molar-refractivity contribution in [3.05, 3.63) is 267 Å². The zero-order chi connectivity index (χ0) is 49.0. The van der Waals surface area contributed by atoms with Crippen LogP contribution < -0.4 is 0 Å². The fourth-order valence-corrected chi connectivity index (χ4v) is 11.8. The lowest BCUT2D eigenvalue weighted by molar-refractivity contribution is 1.07. The van der Waals surface area contributed by atoms with E-state index in [-0.39, 0.29) is 0 Å². The van der Waals surface area contributed by atoms with Gasteiger partial charge >= 0.3 is 0 Å². The van der Waals surface area contributed by atoms with E-state index in [0.29, 0.717) is 17.5 Å². The Morgan fingerprint density at radius 3 is 1.20 bits per heavy atom. The molecule has 0 spiro atoms. The molecule has 0 aliphatic heterocycles. The van der Waals surface area contributed by atoms with Crippen LogP contribution in [-0.4, -0.2) is 19.5 Å². The Balaban J connectivity index is 1.05. The van der Waals surface area contributed by atoms with Gasteiger partial charge in [0.25, 0.3) is 0 Å². The lowest BCUT2D eigenvalue weighted by Gasteiger charge is -2.21. The molecule has 346 valence electrons. The number of hydrogen-bond donors (Lipinski definition) is 0. The van der Waals surface area contributed by atoms with Crippen molar-refractivity contribution >= 4 is 53.3 Å². The number of hydrogen-bond acceptors (Lipinski definition) is 4. The molecular weight excluding hydrogens is 917 g/mol. The first-order chi connectivity index (χ1) is 36.7. The second kappa shape index (κ2) is 18.2. The normalized spacial score (nSPS) is 11.5. The van der Waals surface area contributed by atoms with E-state index in [1.54, 1.807) is 0 Å². The highest BCUT2D eigenvalue weighted by molar-refractivity contribution is 7.25. The summed E-state index contributed by atoms with van der Waals surface area (Å²) in [4.78, 5) is 16.4. The number of para-hydroxylation sites is 1. The van der Waals surface area contributed by atoms with E-state index in [1.165, 1.54) is 30.9 Å². The van der Waals surface area contributed by atoms with Gasteiger partial charge in [0, 0.05) is 58.8 Å². The van der Waals surface area contributed by atoms with Crippen molar-refractivity contribution in [2.75, 3.05) is 0 Å². The molecule has 0 atom stereocenters. The van der Waals surface area contributed by atoms with E-state index in [1.807, 2.05) is 17.4 Å². The highest BCUT2D eigenvalue weighted by Crippen LogP contribution is 2.46. The lowest BCUT2D eigenvalue weighted by atomic mass is 9.92. The summed E-state index contributed by atoms with van der Waals surface area (Å²) in [7, 11) is 0. The van der Waals surface area contributed by atoms with Crippen LogP contribution in [0.15, 0.2) is 267 Å². The summed E-state index contributed by atoms with van der Waals surface area (Å²) in [5.41, 5.74) is 17.0. The molecule has 0 amide bonds. The second-order valence-electron chi connectivity index (χ2n) is 18.7. The molecule has 3 heterocycles. The van der Waals surface area contributed by atoms with E-state index in [2.05, 4.69) is 265 Å². The summed E-state index contributed by atoms with van der Waals surface area (Å²) in [5.74, 6) is 1.77. The Morgan fingerprint density at radius 1 is 0.243 bits per heavy atom. The minimum Gasteiger partial charge on any atom is -0.308 e. The summed E-state index contributed by atoms with van der Waals surface area (Å²) in [6.45, 7) is 0. The zero-order valence-electron chi connectivity index (χ0n) is 40.1. The van der Waals surface area contributed by atoms with Gasteiger partial charge in [-0.25, -0.2) is 15.0 Å². The molecule has 5 heteroatoms. The first kappa shape index (κ1) is 43.3. The van der Waals surface area contributed by atoms with Crippen LogP contribution in [-0.2, 0) is 0 Å². The predicted octanol–water partition coefficient (Wildman–Crippen LogP) is 18.7. The Morgan fingerprint density at radius 2 is 0.649 bits per heavy atom. The number of nitrogens with zero attached hydrogens (tertiary/aromatic N) is 4. The molecule has 0 aliphatic carbocycles. The fourth-order valence-electron chi connectivity index (χ4n) is 10.7. The van der Waals surface area contributed by atoms with Crippen LogP contribution in [0.1, 0.15) is 0 Å². The first-order valence-electron chi connectivity index (χ1n) is 25.0. The molecule has 74 heavy (non-hydrogen) atoms. The number of fused-ring (bicyclic) bond motifs is 6. The highest BCUT2D eigenvalue weighted by atomic mass is 32.1. The summed E-state index contributed by atoms with van der Waals surface area (Å²) < 4.78 is 5.07. The van der Waals surface area contributed by atoms with Gasteiger partial charge in [-0.15, -0.1) is 11.3 Å². The van der Waals surface area contributed by atoms with Gasteiger partial charge in [0.15, 0.2) is 17.5 Å². The number of aromatic nitrogens is 4. The van der Waals surface area contributed by atoms with Crippen molar-refractivity contribution in [1.29, 1.82) is 0 Å². The molecule has 0 unspecified atom stereocenters. The average molecular weight is 961 g/mol. The number of benzene rings is 11. The minimum absolute atomic E-state index is 0.582. The second-order valence-corrected chi connectivity index (χ2v) is 19.8. The van der Waals surface area contributed by atoms with Crippen LogP contribution in [0.4, 0.5) is 0 Å². The summed E-state index contributed by atoms with van der Waals surface area (Å²) in [6, 6.07) is 95.4. The Labute approximate surface area is 432 Å². The van der Waals surface area contributed by atoms with Gasteiger partial charge in [-0.3, -0.25) is 0 Å². The van der Waals surface area contributed by atoms with Crippen molar-refractivity contribution in [3.8, 4) is 95.5 Å².